The number of amides is 2. The Hall–Kier alpha value is -3.09. The van der Waals surface area contributed by atoms with Crippen LogP contribution in [0, 0.1) is 11.8 Å². The molecular formula is C23H29N5O2. The molecule has 7 nitrogen and oxygen atoms in total. The highest BCUT2D eigenvalue weighted by Gasteiger charge is 2.28. The molecule has 3 heterocycles. The highest BCUT2D eigenvalue weighted by molar-refractivity contribution is 5.89. The molecule has 0 aliphatic carbocycles. The number of fused-ring (bicyclic) bond motifs is 1. The van der Waals surface area contributed by atoms with Crippen molar-refractivity contribution in [3.05, 3.63) is 48.4 Å². The maximum absolute atomic E-state index is 12.7. The number of pyridine rings is 1. The first kappa shape index (κ1) is 20.2. The summed E-state index contributed by atoms with van der Waals surface area (Å²) < 4.78 is 7.41. The molecule has 1 fully saturated rings. The van der Waals surface area contributed by atoms with Crippen molar-refractivity contribution in [2.24, 2.45) is 11.8 Å². The number of urea groups is 1. The lowest BCUT2D eigenvalue weighted by Gasteiger charge is -2.18. The van der Waals surface area contributed by atoms with E-state index in [0.717, 1.165) is 60.9 Å². The third-order valence-corrected chi connectivity index (χ3v) is 5.52. The van der Waals surface area contributed by atoms with Gasteiger partial charge in [-0.05, 0) is 54.7 Å². The van der Waals surface area contributed by atoms with E-state index in [1.165, 1.54) is 0 Å². The fourth-order valence-corrected chi connectivity index (χ4v) is 4.04. The zero-order valence-electron chi connectivity index (χ0n) is 17.8. The van der Waals surface area contributed by atoms with Crippen molar-refractivity contribution in [1.29, 1.82) is 0 Å². The monoisotopic (exact) mass is 407 g/mol. The molecule has 1 saturated heterocycles. The molecule has 0 saturated carbocycles. The molecule has 1 aliphatic rings. The van der Waals surface area contributed by atoms with Crippen LogP contribution in [0.3, 0.4) is 0 Å². The molecule has 4 rings (SSSR count). The number of methoxy groups -OCH3 is 1. The summed E-state index contributed by atoms with van der Waals surface area (Å²) in [4.78, 5) is 24.0. The van der Waals surface area contributed by atoms with E-state index in [4.69, 9.17) is 9.72 Å². The molecule has 158 valence electrons. The smallest absolute Gasteiger partial charge is 0.321 e. The molecule has 3 aromatic rings. The number of hydrogen-bond donors (Lipinski definition) is 1. The predicted molar refractivity (Wildman–Crippen MR) is 118 cm³/mol. The topological polar surface area (TPSA) is 72.3 Å². The molecule has 1 unspecified atom stereocenters. The number of nitrogens with zero attached hydrogens (tertiary/aromatic N) is 4. The van der Waals surface area contributed by atoms with Gasteiger partial charge in [-0.3, -0.25) is 0 Å². The average molecular weight is 408 g/mol. The van der Waals surface area contributed by atoms with Gasteiger partial charge in [0.1, 0.15) is 17.1 Å². The van der Waals surface area contributed by atoms with Crippen molar-refractivity contribution >= 4 is 22.9 Å². The van der Waals surface area contributed by atoms with Crippen molar-refractivity contribution in [3.8, 4) is 5.75 Å². The molecule has 1 aromatic carbocycles. The van der Waals surface area contributed by atoms with E-state index in [2.05, 4.69) is 28.7 Å². The normalized spacial score (nSPS) is 16.4. The molecule has 1 N–H and O–H groups in total. The van der Waals surface area contributed by atoms with Gasteiger partial charge in [-0.2, -0.15) is 0 Å². The Morgan fingerprint density at radius 3 is 2.80 bits per heavy atom. The lowest BCUT2D eigenvalue weighted by atomic mass is 10.0. The summed E-state index contributed by atoms with van der Waals surface area (Å²) in [5.74, 6) is 2.75. The van der Waals surface area contributed by atoms with Gasteiger partial charge in [0, 0.05) is 37.9 Å². The largest absolute Gasteiger partial charge is 0.497 e. The first-order valence-corrected chi connectivity index (χ1v) is 10.5. The number of carbonyl (C=O) groups is 1. The van der Waals surface area contributed by atoms with Crippen molar-refractivity contribution in [3.63, 3.8) is 0 Å². The van der Waals surface area contributed by atoms with Gasteiger partial charge in [-0.25, -0.2) is 14.8 Å². The average Bonchev–Trinajstić information content (AvgIpc) is 3.34. The van der Waals surface area contributed by atoms with Crippen LogP contribution in [0.1, 0.15) is 26.1 Å². The van der Waals surface area contributed by atoms with E-state index in [0.29, 0.717) is 11.8 Å². The van der Waals surface area contributed by atoms with Gasteiger partial charge in [0.2, 0.25) is 0 Å². The Labute approximate surface area is 177 Å². The SMILES string of the molecule is COc1ccc(NC(=O)N2CCC(Cc3nc4cccnc4n3CC(C)C)C2)cc1. The molecule has 7 heteroatoms. The number of ether oxygens (including phenoxy) is 1. The fourth-order valence-electron chi connectivity index (χ4n) is 4.04. The minimum absolute atomic E-state index is 0.0555. The molecule has 1 atom stereocenters. The molecule has 30 heavy (non-hydrogen) atoms. The maximum atomic E-state index is 12.7. The zero-order valence-corrected chi connectivity index (χ0v) is 17.8. The maximum Gasteiger partial charge on any atom is 0.321 e. The summed E-state index contributed by atoms with van der Waals surface area (Å²) in [5.41, 5.74) is 2.67. The van der Waals surface area contributed by atoms with Crippen molar-refractivity contribution in [2.45, 2.75) is 33.2 Å². The Kier molecular flexibility index (Phi) is 5.88. The highest BCUT2D eigenvalue weighted by Crippen LogP contribution is 2.24. The van der Waals surface area contributed by atoms with Crippen LogP contribution in [-0.4, -0.2) is 45.7 Å². The summed E-state index contributed by atoms with van der Waals surface area (Å²) in [6.07, 6.45) is 3.66. The number of imidazole rings is 1. The third kappa shape index (κ3) is 4.40. The van der Waals surface area contributed by atoms with Crippen molar-refractivity contribution in [1.82, 2.24) is 19.4 Å². The van der Waals surface area contributed by atoms with Crippen molar-refractivity contribution < 1.29 is 9.53 Å². The third-order valence-electron chi connectivity index (χ3n) is 5.52. The molecule has 0 bridgehead atoms. The Morgan fingerprint density at radius 1 is 1.27 bits per heavy atom. The van der Waals surface area contributed by atoms with E-state index in [1.54, 1.807) is 7.11 Å². The molecule has 0 spiro atoms. The van der Waals surface area contributed by atoms with Crippen LogP contribution in [0.4, 0.5) is 10.5 Å². The minimum Gasteiger partial charge on any atom is -0.497 e. The number of nitrogens with one attached hydrogen (secondary N) is 1. The van der Waals surface area contributed by atoms with Gasteiger partial charge in [-0.1, -0.05) is 13.8 Å². The fraction of sp³-hybridized carbons (Fsp3) is 0.435. The lowest BCUT2D eigenvalue weighted by molar-refractivity contribution is 0.220. The van der Waals surface area contributed by atoms with E-state index < -0.39 is 0 Å². The first-order valence-electron chi connectivity index (χ1n) is 10.5. The van der Waals surface area contributed by atoms with E-state index >= 15 is 0 Å². The van der Waals surface area contributed by atoms with Crippen LogP contribution in [0.5, 0.6) is 5.75 Å². The number of rotatable bonds is 6. The van der Waals surface area contributed by atoms with E-state index in [-0.39, 0.29) is 6.03 Å². The van der Waals surface area contributed by atoms with Gasteiger partial charge in [0.25, 0.3) is 0 Å². The standard InChI is InChI=1S/C23H29N5O2/c1-16(2)14-28-21(26-20-5-4-11-24-22(20)28)13-17-10-12-27(15-17)23(29)25-18-6-8-19(30-3)9-7-18/h4-9,11,16-17H,10,12-15H2,1-3H3,(H,25,29). The summed E-state index contributed by atoms with van der Waals surface area (Å²) in [6, 6.07) is 11.3. The van der Waals surface area contributed by atoms with E-state index in [9.17, 15) is 4.79 Å². The molecular weight excluding hydrogens is 378 g/mol. The van der Waals surface area contributed by atoms with Gasteiger partial charge in [-0.15, -0.1) is 0 Å². The second-order valence-corrected chi connectivity index (χ2v) is 8.34. The van der Waals surface area contributed by atoms with Crippen molar-refractivity contribution in [2.75, 3.05) is 25.5 Å². The van der Waals surface area contributed by atoms with Crippen LogP contribution >= 0.6 is 0 Å². The van der Waals surface area contributed by atoms with Crippen LogP contribution in [0.2, 0.25) is 0 Å². The molecule has 2 amide bonds. The van der Waals surface area contributed by atoms with E-state index in [1.807, 2.05) is 47.5 Å². The second kappa shape index (κ2) is 8.73. The Morgan fingerprint density at radius 2 is 2.07 bits per heavy atom. The second-order valence-electron chi connectivity index (χ2n) is 8.34. The predicted octanol–water partition coefficient (Wildman–Crippen LogP) is 4.19. The molecule has 1 aliphatic heterocycles. The lowest BCUT2D eigenvalue weighted by Crippen LogP contribution is -2.33. The van der Waals surface area contributed by atoms with Crippen LogP contribution in [-0.2, 0) is 13.0 Å². The quantitative estimate of drug-likeness (QED) is 0.665. The number of likely N-dealkylation sites (tertiary alicyclic amines) is 1. The minimum atomic E-state index is -0.0555. The Bertz CT molecular complexity index is 1010. The zero-order chi connectivity index (χ0) is 21.1. The van der Waals surface area contributed by atoms with Crippen LogP contribution < -0.4 is 10.1 Å². The number of benzene rings is 1. The van der Waals surface area contributed by atoms with Crippen LogP contribution in [0.15, 0.2) is 42.6 Å². The summed E-state index contributed by atoms with van der Waals surface area (Å²) >= 11 is 0. The van der Waals surface area contributed by atoms with Gasteiger partial charge < -0.3 is 19.5 Å². The summed E-state index contributed by atoms with van der Waals surface area (Å²) in [6.45, 7) is 6.81. The number of anilines is 1. The number of carbonyl (C=O) groups excluding carboxylic acids is 1. The number of hydrogen-bond acceptors (Lipinski definition) is 4. The highest BCUT2D eigenvalue weighted by atomic mass is 16.5. The summed E-state index contributed by atoms with van der Waals surface area (Å²) in [7, 11) is 1.63. The first-order chi connectivity index (χ1) is 14.5. The van der Waals surface area contributed by atoms with Gasteiger partial charge in [0.05, 0.1) is 7.11 Å². The number of aromatic nitrogens is 3. The molecule has 2 aromatic heterocycles. The van der Waals surface area contributed by atoms with Crippen LogP contribution in [0.25, 0.3) is 11.2 Å². The molecule has 0 radical (unpaired) electrons. The summed E-state index contributed by atoms with van der Waals surface area (Å²) in [5, 5.41) is 2.98. The van der Waals surface area contributed by atoms with Gasteiger partial charge >= 0.3 is 6.03 Å². The van der Waals surface area contributed by atoms with Gasteiger partial charge in [0.15, 0.2) is 5.65 Å². The Balaban J connectivity index is 1.41.